The fourth-order valence-corrected chi connectivity index (χ4v) is 4.34. The standard InChI is InChI=1S/C20H19FN4O2S/c21-17-8-1-2-9-19(17)28(26,27)24-16-7-5-6-15(14-16)18-10-11-20(23-22-18)25-12-3-4-13-25/h1-2,5-11,14,24H,3-4,12-13H2. The van der Waals surface area contributed by atoms with E-state index in [1.807, 2.05) is 18.2 Å². The molecule has 0 radical (unpaired) electrons. The predicted octanol–water partition coefficient (Wildman–Crippen LogP) is 3.68. The molecule has 0 spiro atoms. The number of aromatic nitrogens is 2. The van der Waals surface area contributed by atoms with Crippen molar-refractivity contribution in [2.45, 2.75) is 17.7 Å². The molecule has 0 bridgehead atoms. The normalized spacial score (nSPS) is 14.2. The van der Waals surface area contributed by atoms with Crippen molar-refractivity contribution in [3.63, 3.8) is 0 Å². The number of nitrogens with zero attached hydrogens (tertiary/aromatic N) is 3. The van der Waals surface area contributed by atoms with E-state index in [2.05, 4.69) is 19.8 Å². The zero-order valence-electron chi connectivity index (χ0n) is 15.0. The molecule has 1 aromatic heterocycles. The highest BCUT2D eigenvalue weighted by atomic mass is 32.2. The van der Waals surface area contributed by atoms with Crippen LogP contribution in [0.5, 0.6) is 0 Å². The number of benzene rings is 2. The molecular formula is C20H19FN4O2S. The molecule has 0 atom stereocenters. The van der Waals surface area contributed by atoms with Crippen LogP contribution < -0.4 is 9.62 Å². The van der Waals surface area contributed by atoms with Crippen LogP contribution in [0, 0.1) is 5.82 Å². The molecule has 2 aromatic carbocycles. The van der Waals surface area contributed by atoms with Gasteiger partial charge in [-0.1, -0.05) is 24.3 Å². The van der Waals surface area contributed by atoms with Crippen LogP contribution in [-0.4, -0.2) is 31.7 Å². The van der Waals surface area contributed by atoms with Crippen molar-refractivity contribution < 1.29 is 12.8 Å². The lowest BCUT2D eigenvalue weighted by atomic mass is 10.1. The van der Waals surface area contributed by atoms with E-state index < -0.39 is 20.7 Å². The molecule has 28 heavy (non-hydrogen) atoms. The highest BCUT2D eigenvalue weighted by Crippen LogP contribution is 2.25. The maximum atomic E-state index is 13.9. The van der Waals surface area contributed by atoms with E-state index in [1.54, 1.807) is 18.2 Å². The first-order valence-electron chi connectivity index (χ1n) is 8.99. The van der Waals surface area contributed by atoms with Gasteiger partial charge in [-0.05, 0) is 49.2 Å². The summed E-state index contributed by atoms with van der Waals surface area (Å²) in [4.78, 5) is 1.80. The summed E-state index contributed by atoms with van der Waals surface area (Å²) in [6.07, 6.45) is 2.32. The second kappa shape index (κ2) is 7.55. The predicted molar refractivity (Wildman–Crippen MR) is 106 cm³/mol. The largest absolute Gasteiger partial charge is 0.355 e. The summed E-state index contributed by atoms with van der Waals surface area (Å²) in [5, 5.41) is 8.56. The van der Waals surface area contributed by atoms with Gasteiger partial charge in [0.25, 0.3) is 10.0 Å². The highest BCUT2D eigenvalue weighted by Gasteiger charge is 2.19. The first-order chi connectivity index (χ1) is 13.5. The Kier molecular flexibility index (Phi) is 4.95. The van der Waals surface area contributed by atoms with Crippen LogP contribution in [0.2, 0.25) is 0 Å². The molecule has 0 saturated carbocycles. The third-order valence-corrected chi connectivity index (χ3v) is 6.03. The van der Waals surface area contributed by atoms with Gasteiger partial charge in [-0.15, -0.1) is 10.2 Å². The minimum absolute atomic E-state index is 0.325. The molecule has 144 valence electrons. The monoisotopic (exact) mass is 398 g/mol. The van der Waals surface area contributed by atoms with Gasteiger partial charge in [0, 0.05) is 24.3 Å². The summed E-state index contributed by atoms with van der Waals surface area (Å²) in [5.74, 6) is 0.0483. The number of sulfonamides is 1. The van der Waals surface area contributed by atoms with E-state index in [9.17, 15) is 12.8 Å². The van der Waals surface area contributed by atoms with Gasteiger partial charge in [-0.25, -0.2) is 12.8 Å². The van der Waals surface area contributed by atoms with Gasteiger partial charge >= 0.3 is 0 Å². The summed E-state index contributed by atoms with van der Waals surface area (Å²) in [7, 11) is -4.03. The summed E-state index contributed by atoms with van der Waals surface area (Å²) >= 11 is 0. The van der Waals surface area contributed by atoms with E-state index in [0.717, 1.165) is 37.8 Å². The molecule has 1 N–H and O–H groups in total. The first kappa shape index (κ1) is 18.4. The molecule has 6 nitrogen and oxygen atoms in total. The van der Waals surface area contributed by atoms with Gasteiger partial charge in [-0.2, -0.15) is 0 Å². The summed E-state index contributed by atoms with van der Waals surface area (Å²) in [6, 6.07) is 15.8. The van der Waals surface area contributed by atoms with E-state index in [-0.39, 0.29) is 0 Å². The molecule has 8 heteroatoms. The molecule has 0 amide bonds. The molecule has 1 saturated heterocycles. The summed E-state index contributed by atoms with van der Waals surface area (Å²) < 4.78 is 41.2. The summed E-state index contributed by atoms with van der Waals surface area (Å²) in [5.41, 5.74) is 1.68. The number of hydrogen-bond acceptors (Lipinski definition) is 5. The number of hydrogen-bond donors (Lipinski definition) is 1. The van der Waals surface area contributed by atoms with Crippen molar-refractivity contribution in [1.82, 2.24) is 10.2 Å². The van der Waals surface area contributed by atoms with Crippen LogP contribution >= 0.6 is 0 Å². The smallest absolute Gasteiger partial charge is 0.264 e. The molecule has 1 fully saturated rings. The molecule has 2 heterocycles. The molecule has 4 rings (SSSR count). The molecular weight excluding hydrogens is 379 g/mol. The highest BCUT2D eigenvalue weighted by molar-refractivity contribution is 7.92. The minimum Gasteiger partial charge on any atom is -0.355 e. The van der Waals surface area contributed by atoms with Gasteiger partial charge in [0.2, 0.25) is 0 Å². The van der Waals surface area contributed by atoms with E-state index in [1.165, 1.54) is 18.2 Å². The quantitative estimate of drug-likeness (QED) is 0.710. The maximum Gasteiger partial charge on any atom is 0.264 e. The van der Waals surface area contributed by atoms with E-state index >= 15 is 0 Å². The van der Waals surface area contributed by atoms with Crippen LogP contribution in [0.25, 0.3) is 11.3 Å². The number of rotatable bonds is 5. The van der Waals surface area contributed by atoms with Crippen LogP contribution in [0.4, 0.5) is 15.9 Å². The first-order valence-corrected chi connectivity index (χ1v) is 10.5. The van der Waals surface area contributed by atoms with Gasteiger partial charge < -0.3 is 4.90 Å². The van der Waals surface area contributed by atoms with Gasteiger partial charge in [-0.3, -0.25) is 4.72 Å². The minimum atomic E-state index is -4.03. The van der Waals surface area contributed by atoms with Crippen molar-refractivity contribution in [3.05, 3.63) is 66.5 Å². The fraction of sp³-hybridized carbons (Fsp3) is 0.200. The molecule has 0 aliphatic carbocycles. The van der Waals surface area contributed by atoms with E-state index in [4.69, 9.17) is 0 Å². The topological polar surface area (TPSA) is 75.2 Å². The van der Waals surface area contributed by atoms with Gasteiger partial charge in [0.05, 0.1) is 5.69 Å². The second-order valence-corrected chi connectivity index (χ2v) is 8.24. The Morgan fingerprint density at radius 1 is 0.929 bits per heavy atom. The van der Waals surface area contributed by atoms with Crippen molar-refractivity contribution >= 4 is 21.5 Å². The molecule has 1 aliphatic rings. The van der Waals surface area contributed by atoms with Crippen LogP contribution in [0.15, 0.2) is 65.6 Å². The van der Waals surface area contributed by atoms with Crippen molar-refractivity contribution in [3.8, 4) is 11.3 Å². The Morgan fingerprint density at radius 2 is 1.71 bits per heavy atom. The number of anilines is 2. The molecule has 3 aromatic rings. The maximum absolute atomic E-state index is 13.9. The third-order valence-electron chi connectivity index (χ3n) is 4.62. The lowest BCUT2D eigenvalue weighted by Crippen LogP contribution is -2.19. The second-order valence-electron chi connectivity index (χ2n) is 6.59. The van der Waals surface area contributed by atoms with E-state index in [0.29, 0.717) is 16.9 Å². The Hall–Kier alpha value is -3.00. The van der Waals surface area contributed by atoms with Crippen molar-refractivity contribution in [2.24, 2.45) is 0 Å². The van der Waals surface area contributed by atoms with Crippen molar-refractivity contribution in [2.75, 3.05) is 22.7 Å². The Bertz CT molecular complexity index is 1080. The van der Waals surface area contributed by atoms with Crippen LogP contribution in [0.1, 0.15) is 12.8 Å². The average Bonchev–Trinajstić information content (AvgIpc) is 3.23. The zero-order chi connectivity index (χ0) is 19.6. The number of halogens is 1. The fourth-order valence-electron chi connectivity index (χ4n) is 3.21. The lowest BCUT2D eigenvalue weighted by Gasteiger charge is -2.15. The Morgan fingerprint density at radius 3 is 2.43 bits per heavy atom. The summed E-state index contributed by atoms with van der Waals surface area (Å²) in [6.45, 7) is 1.97. The molecule has 1 aliphatic heterocycles. The van der Waals surface area contributed by atoms with Crippen molar-refractivity contribution in [1.29, 1.82) is 0 Å². The average molecular weight is 398 g/mol. The van der Waals surface area contributed by atoms with Gasteiger partial charge in [0.1, 0.15) is 10.7 Å². The zero-order valence-corrected chi connectivity index (χ0v) is 15.9. The number of nitrogens with one attached hydrogen (secondary N) is 1. The lowest BCUT2D eigenvalue weighted by molar-refractivity contribution is 0.570. The van der Waals surface area contributed by atoms with Crippen LogP contribution in [-0.2, 0) is 10.0 Å². The SMILES string of the molecule is O=S(=O)(Nc1cccc(-c2ccc(N3CCCC3)nn2)c1)c1ccccc1F. The van der Waals surface area contributed by atoms with Gasteiger partial charge in [0.15, 0.2) is 5.82 Å². The molecule has 0 unspecified atom stereocenters. The third kappa shape index (κ3) is 3.82. The Balaban J connectivity index is 1.57. The Labute approximate surface area is 163 Å². The van der Waals surface area contributed by atoms with Crippen LogP contribution in [0.3, 0.4) is 0 Å².